The van der Waals surface area contributed by atoms with Crippen LogP contribution in [0.4, 0.5) is 0 Å². The first-order chi connectivity index (χ1) is 3.71. The zero-order valence-corrected chi connectivity index (χ0v) is 9.99. The van der Waals surface area contributed by atoms with Gasteiger partial charge >= 0.3 is 27.3 Å². The van der Waals surface area contributed by atoms with E-state index < -0.39 is 25.3 Å². The molecule has 0 spiro atoms. The minimum absolute atomic E-state index is 0. The molecule has 0 saturated heterocycles. The summed E-state index contributed by atoms with van der Waals surface area (Å²) in [5.74, 6) is 0. The molecule has 0 heterocycles. The van der Waals surface area contributed by atoms with Crippen LogP contribution in [0, 0.1) is 0 Å². The Kier molecular flexibility index (Phi) is 5.26. The second-order valence-electron chi connectivity index (χ2n) is 1.23. The Hall–Kier alpha value is 0.742. The van der Waals surface area contributed by atoms with E-state index in [0.29, 0.717) is 0 Å². The van der Waals surface area contributed by atoms with E-state index in [-0.39, 0.29) is 27.3 Å². The third-order valence-corrected chi connectivity index (χ3v) is 2.60. The molecule has 0 amide bonds. The average Bonchev–Trinajstić information content (AvgIpc) is 1.14. The van der Waals surface area contributed by atoms with E-state index in [0.717, 1.165) is 0 Å². The summed E-state index contributed by atoms with van der Waals surface area (Å²) in [5, 5.41) is -1.88. The van der Waals surface area contributed by atoms with Crippen LogP contribution in [-0.4, -0.2) is 58.3 Å². The Labute approximate surface area is 78.3 Å². The van der Waals surface area contributed by atoms with Crippen LogP contribution >= 0.6 is 0 Å². The molecule has 0 unspecified atom stereocenters. The summed E-state index contributed by atoms with van der Waals surface area (Å²) in [7, 11) is -9.86. The molecular weight excluding hydrogens is 379 g/mol. The van der Waals surface area contributed by atoms with Crippen molar-refractivity contribution in [2.75, 3.05) is 5.08 Å². The van der Waals surface area contributed by atoms with Gasteiger partial charge in [0.2, 0.25) is 0 Å². The van der Waals surface area contributed by atoms with Crippen molar-refractivity contribution in [1.29, 1.82) is 0 Å². The molecule has 0 N–H and O–H groups in total. The Bertz CT molecular complexity index is 241. The first kappa shape index (κ1) is 13.3. The molecule has 2 radical (unpaired) electrons. The van der Waals surface area contributed by atoms with Gasteiger partial charge in [0.25, 0.3) is 0 Å². The van der Waals surface area contributed by atoms with Crippen molar-refractivity contribution < 1.29 is 25.9 Å². The molecule has 0 atom stereocenters. The van der Waals surface area contributed by atoms with Crippen LogP contribution < -0.4 is 0 Å². The molecule has 0 aromatic carbocycles. The van der Waals surface area contributed by atoms with E-state index >= 15 is 0 Å². The third kappa shape index (κ3) is 11.5. The Balaban J connectivity index is 0. The van der Waals surface area contributed by atoms with Crippen molar-refractivity contribution in [3.05, 3.63) is 0 Å². The Morgan fingerprint density at radius 2 is 1.10 bits per heavy atom. The van der Waals surface area contributed by atoms with Crippen LogP contribution in [0.15, 0.2) is 0 Å². The van der Waals surface area contributed by atoms with Crippen LogP contribution in [0.2, 0.25) is 0 Å². The SMILES string of the molecule is O=S(=O)([O-])CS(=O)(=O)[O-].[Pb+2]. The quantitative estimate of drug-likeness (QED) is 0.391. The van der Waals surface area contributed by atoms with Gasteiger partial charge in [0.15, 0.2) is 0 Å². The van der Waals surface area contributed by atoms with Gasteiger partial charge in [-0.05, 0) is 0 Å². The third-order valence-electron chi connectivity index (χ3n) is 0.289. The van der Waals surface area contributed by atoms with E-state index in [1.807, 2.05) is 0 Å². The summed E-state index contributed by atoms with van der Waals surface area (Å²) in [6, 6.07) is 0. The maximum absolute atomic E-state index is 9.51. The summed E-state index contributed by atoms with van der Waals surface area (Å²) >= 11 is 0. The van der Waals surface area contributed by atoms with E-state index in [4.69, 9.17) is 0 Å². The fraction of sp³-hybridized carbons (Fsp3) is 1.00. The zero-order chi connectivity index (χ0) is 7.71. The second kappa shape index (κ2) is 3.94. The first-order valence-corrected chi connectivity index (χ1v) is 4.73. The summed E-state index contributed by atoms with van der Waals surface area (Å²) in [6.07, 6.45) is 0. The van der Waals surface area contributed by atoms with Gasteiger partial charge in [-0.1, -0.05) is 0 Å². The number of hydrogen-bond acceptors (Lipinski definition) is 6. The standard InChI is InChI=1S/CH4O6S2.Pb/c2-8(3,4)1-9(5,6)7;/h1H2,(H,2,3,4)(H,5,6,7);/q;+2/p-2. The predicted molar refractivity (Wildman–Crippen MR) is 30.0 cm³/mol. The molecular formula is CH2O6PbS2. The molecule has 0 bridgehead atoms. The summed E-state index contributed by atoms with van der Waals surface area (Å²) < 4.78 is 57.1. The molecule has 0 aromatic heterocycles. The second-order valence-corrected chi connectivity index (χ2v) is 4.41. The normalized spacial score (nSPS) is 12.2. The van der Waals surface area contributed by atoms with Crippen LogP contribution in [0.25, 0.3) is 0 Å². The predicted octanol–water partition coefficient (Wildman–Crippen LogP) is -2.35. The van der Waals surface area contributed by atoms with E-state index in [1.165, 1.54) is 0 Å². The van der Waals surface area contributed by atoms with Gasteiger partial charge in [-0.25, -0.2) is 16.8 Å². The van der Waals surface area contributed by atoms with E-state index in [1.54, 1.807) is 0 Å². The topological polar surface area (TPSA) is 114 Å². The molecule has 0 rings (SSSR count). The first-order valence-electron chi connectivity index (χ1n) is 1.58. The van der Waals surface area contributed by atoms with Crippen molar-refractivity contribution in [3.63, 3.8) is 0 Å². The molecule has 0 saturated carbocycles. The molecule has 0 aromatic rings. The molecule has 0 aliphatic rings. The zero-order valence-electron chi connectivity index (χ0n) is 4.47. The van der Waals surface area contributed by atoms with Crippen LogP contribution in [-0.2, 0) is 20.2 Å². The summed E-state index contributed by atoms with van der Waals surface area (Å²) in [6.45, 7) is 0. The molecule has 0 fully saturated rings. The van der Waals surface area contributed by atoms with Gasteiger partial charge in [-0.2, -0.15) is 0 Å². The minimum Gasteiger partial charge on any atom is -0.747 e. The van der Waals surface area contributed by atoms with Crippen molar-refractivity contribution in [3.8, 4) is 0 Å². The van der Waals surface area contributed by atoms with Gasteiger partial charge in [-0.3, -0.25) is 0 Å². The van der Waals surface area contributed by atoms with E-state index in [2.05, 4.69) is 0 Å². The van der Waals surface area contributed by atoms with Gasteiger partial charge in [0.1, 0.15) is 25.3 Å². The minimum atomic E-state index is -4.93. The van der Waals surface area contributed by atoms with Crippen molar-refractivity contribution >= 4 is 47.5 Å². The molecule has 58 valence electrons. The molecule has 0 aliphatic carbocycles. The molecule has 10 heavy (non-hydrogen) atoms. The summed E-state index contributed by atoms with van der Waals surface area (Å²) in [5.41, 5.74) is 0. The van der Waals surface area contributed by atoms with Gasteiger partial charge in [0, 0.05) is 0 Å². The maximum Gasteiger partial charge on any atom is 2.00 e. The van der Waals surface area contributed by atoms with E-state index in [9.17, 15) is 25.9 Å². The molecule has 6 nitrogen and oxygen atoms in total. The number of hydrogen-bond donors (Lipinski definition) is 0. The van der Waals surface area contributed by atoms with Gasteiger partial charge in [-0.15, -0.1) is 0 Å². The maximum atomic E-state index is 9.51. The van der Waals surface area contributed by atoms with Crippen LogP contribution in [0.3, 0.4) is 0 Å². The summed E-state index contributed by atoms with van der Waals surface area (Å²) in [4.78, 5) is 0. The molecule has 9 heteroatoms. The number of rotatable bonds is 2. The smallest absolute Gasteiger partial charge is 0.747 e. The monoisotopic (exact) mass is 382 g/mol. The fourth-order valence-electron chi connectivity index (χ4n) is 0.177. The van der Waals surface area contributed by atoms with Crippen LogP contribution in [0.1, 0.15) is 0 Å². The largest absolute Gasteiger partial charge is 2.00 e. The average molecular weight is 381 g/mol. The fourth-order valence-corrected chi connectivity index (χ4v) is 1.59. The van der Waals surface area contributed by atoms with Crippen LogP contribution in [0.5, 0.6) is 0 Å². The Morgan fingerprint density at radius 1 is 0.900 bits per heavy atom. The van der Waals surface area contributed by atoms with Gasteiger partial charge in [0.05, 0.1) is 0 Å². The van der Waals surface area contributed by atoms with Gasteiger partial charge < -0.3 is 9.11 Å². The van der Waals surface area contributed by atoms with Crippen molar-refractivity contribution in [2.24, 2.45) is 0 Å². The van der Waals surface area contributed by atoms with Crippen molar-refractivity contribution in [2.45, 2.75) is 0 Å². The Morgan fingerprint density at radius 3 is 1.10 bits per heavy atom. The molecule has 0 aliphatic heterocycles. The van der Waals surface area contributed by atoms with Crippen molar-refractivity contribution in [1.82, 2.24) is 0 Å².